The molecule has 0 atom stereocenters. The largest absolute Gasteiger partial charge is 0.493 e. The predicted octanol–water partition coefficient (Wildman–Crippen LogP) is 3.24. The molecule has 1 saturated heterocycles. The molecule has 2 aromatic carbocycles. The molecule has 0 aromatic heterocycles. The van der Waals surface area contributed by atoms with Gasteiger partial charge in [0.15, 0.2) is 0 Å². The normalized spacial score (nSPS) is 19.8. The summed E-state index contributed by atoms with van der Waals surface area (Å²) in [5.41, 5.74) is 3.92. The second-order valence-corrected chi connectivity index (χ2v) is 10.00. The van der Waals surface area contributed by atoms with E-state index in [1.54, 1.807) is 23.1 Å². The van der Waals surface area contributed by atoms with Crippen LogP contribution in [0, 0.1) is 6.92 Å². The van der Waals surface area contributed by atoms with Gasteiger partial charge in [-0.3, -0.25) is 4.90 Å². The molecule has 3 aliphatic rings. The number of carbonyl (C=O) groups is 1. The van der Waals surface area contributed by atoms with E-state index in [9.17, 15) is 13.2 Å². The Kier molecular flexibility index (Phi) is 4.71. The highest BCUT2D eigenvalue weighted by Crippen LogP contribution is 2.34. The lowest BCUT2D eigenvalue weighted by Crippen LogP contribution is -2.50. The molecule has 158 valence electrons. The number of cyclic esters (lactones) is 1. The Hall–Kier alpha value is -2.58. The number of fused-ring (bicyclic) bond motifs is 2. The SMILES string of the molecule is Cc1ccc2c(c1)COC(=O)N2C1CCN(S(=O)(=O)c2ccc3c(c2)CCO3)CC1. The molecule has 30 heavy (non-hydrogen) atoms. The van der Waals surface area contributed by atoms with Gasteiger partial charge in [-0.15, -0.1) is 0 Å². The number of hydrogen-bond donors (Lipinski definition) is 0. The van der Waals surface area contributed by atoms with Crippen LogP contribution in [0.1, 0.15) is 29.5 Å². The van der Waals surface area contributed by atoms with Crippen LogP contribution in [0.5, 0.6) is 5.75 Å². The fourth-order valence-electron chi connectivity index (χ4n) is 4.53. The van der Waals surface area contributed by atoms with Gasteiger partial charge in [-0.2, -0.15) is 4.31 Å². The molecule has 5 rings (SSSR count). The van der Waals surface area contributed by atoms with Gasteiger partial charge in [0.1, 0.15) is 12.4 Å². The first-order valence-corrected chi connectivity index (χ1v) is 11.7. The van der Waals surface area contributed by atoms with Gasteiger partial charge in [0.2, 0.25) is 10.0 Å². The van der Waals surface area contributed by atoms with Crippen LogP contribution in [-0.2, 0) is 27.8 Å². The molecule has 7 nitrogen and oxygen atoms in total. The summed E-state index contributed by atoms with van der Waals surface area (Å²) < 4.78 is 38.7. The third-order valence-electron chi connectivity index (χ3n) is 6.13. The van der Waals surface area contributed by atoms with Crippen LogP contribution >= 0.6 is 0 Å². The fraction of sp³-hybridized carbons (Fsp3) is 0.409. The minimum Gasteiger partial charge on any atom is -0.493 e. The van der Waals surface area contributed by atoms with Crippen molar-refractivity contribution in [2.24, 2.45) is 0 Å². The number of carbonyl (C=O) groups excluding carboxylic acids is 1. The molecule has 1 amide bonds. The molecule has 0 aliphatic carbocycles. The number of ether oxygens (including phenoxy) is 2. The molecule has 0 unspecified atom stereocenters. The number of benzene rings is 2. The van der Waals surface area contributed by atoms with Crippen molar-refractivity contribution in [2.45, 2.75) is 43.7 Å². The molecule has 8 heteroatoms. The Labute approximate surface area is 176 Å². The monoisotopic (exact) mass is 428 g/mol. The van der Waals surface area contributed by atoms with Crippen LogP contribution in [0.3, 0.4) is 0 Å². The number of rotatable bonds is 3. The lowest BCUT2D eigenvalue weighted by molar-refractivity contribution is 0.135. The Morgan fingerprint density at radius 3 is 2.60 bits per heavy atom. The molecule has 0 bridgehead atoms. The van der Waals surface area contributed by atoms with Gasteiger partial charge in [0.25, 0.3) is 0 Å². The predicted molar refractivity (Wildman–Crippen MR) is 111 cm³/mol. The first-order chi connectivity index (χ1) is 14.4. The number of hydrogen-bond acceptors (Lipinski definition) is 5. The van der Waals surface area contributed by atoms with Crippen molar-refractivity contribution >= 4 is 21.8 Å². The van der Waals surface area contributed by atoms with Gasteiger partial charge >= 0.3 is 6.09 Å². The summed E-state index contributed by atoms with van der Waals surface area (Å²) in [5, 5.41) is 0. The maximum atomic E-state index is 13.2. The maximum Gasteiger partial charge on any atom is 0.414 e. The van der Waals surface area contributed by atoms with Gasteiger partial charge in [-0.25, -0.2) is 13.2 Å². The van der Waals surface area contributed by atoms with Gasteiger partial charge in [0, 0.05) is 31.1 Å². The second kappa shape index (κ2) is 7.28. The smallest absolute Gasteiger partial charge is 0.414 e. The van der Waals surface area contributed by atoms with Crippen molar-refractivity contribution in [1.82, 2.24) is 4.31 Å². The first kappa shape index (κ1) is 19.4. The van der Waals surface area contributed by atoms with Crippen molar-refractivity contribution in [1.29, 1.82) is 0 Å². The van der Waals surface area contributed by atoms with E-state index in [4.69, 9.17) is 9.47 Å². The third-order valence-corrected chi connectivity index (χ3v) is 8.02. The Morgan fingerprint density at radius 2 is 1.80 bits per heavy atom. The van der Waals surface area contributed by atoms with Gasteiger partial charge in [0.05, 0.1) is 17.2 Å². The van der Waals surface area contributed by atoms with Crippen molar-refractivity contribution in [3.63, 3.8) is 0 Å². The zero-order chi connectivity index (χ0) is 20.9. The summed E-state index contributed by atoms with van der Waals surface area (Å²) in [6.45, 7) is 3.62. The lowest BCUT2D eigenvalue weighted by atomic mass is 10.0. The van der Waals surface area contributed by atoms with E-state index in [1.165, 1.54) is 4.31 Å². The number of nitrogens with zero attached hydrogens (tertiary/aromatic N) is 2. The molecule has 3 heterocycles. The van der Waals surface area contributed by atoms with E-state index in [0.29, 0.717) is 37.4 Å². The van der Waals surface area contributed by atoms with Gasteiger partial charge < -0.3 is 9.47 Å². The van der Waals surface area contributed by atoms with Crippen LogP contribution in [0.4, 0.5) is 10.5 Å². The molecule has 0 saturated carbocycles. The lowest BCUT2D eigenvalue weighted by Gasteiger charge is -2.39. The van der Waals surface area contributed by atoms with Crippen molar-refractivity contribution < 1.29 is 22.7 Å². The molecule has 3 aliphatic heterocycles. The van der Waals surface area contributed by atoms with E-state index in [-0.39, 0.29) is 18.7 Å². The summed E-state index contributed by atoms with van der Waals surface area (Å²) in [6.07, 6.45) is 1.51. The van der Waals surface area contributed by atoms with Gasteiger partial charge in [-0.1, -0.05) is 17.7 Å². The Balaban J connectivity index is 1.34. The zero-order valence-electron chi connectivity index (χ0n) is 16.8. The van der Waals surface area contributed by atoms with E-state index < -0.39 is 10.0 Å². The highest BCUT2D eigenvalue weighted by molar-refractivity contribution is 7.89. The van der Waals surface area contributed by atoms with Crippen LogP contribution in [0.25, 0.3) is 0 Å². The van der Waals surface area contributed by atoms with Gasteiger partial charge in [-0.05, 0) is 49.6 Å². The molecule has 1 fully saturated rings. The maximum absolute atomic E-state index is 13.2. The number of piperidine rings is 1. The molecule has 2 aromatic rings. The minimum absolute atomic E-state index is 0.0841. The Morgan fingerprint density at radius 1 is 1.00 bits per heavy atom. The number of anilines is 1. The first-order valence-electron chi connectivity index (χ1n) is 10.2. The van der Waals surface area contributed by atoms with Crippen LogP contribution < -0.4 is 9.64 Å². The summed E-state index contributed by atoms with van der Waals surface area (Å²) in [4.78, 5) is 14.5. The standard InChI is InChI=1S/C22H24N2O5S/c1-15-2-4-20-17(12-15)14-29-22(25)24(20)18-6-9-23(10-7-18)30(26,27)19-3-5-21-16(13-19)8-11-28-21/h2-5,12-13,18H,6-11,14H2,1H3. The van der Waals surface area contributed by atoms with E-state index >= 15 is 0 Å². The Bertz CT molecular complexity index is 1110. The summed E-state index contributed by atoms with van der Waals surface area (Å²) >= 11 is 0. The van der Waals surface area contributed by atoms with Crippen LogP contribution in [0.2, 0.25) is 0 Å². The van der Waals surface area contributed by atoms with E-state index in [2.05, 4.69) is 0 Å². The summed E-state index contributed by atoms with van der Waals surface area (Å²) in [6, 6.07) is 11.0. The molecule has 0 radical (unpaired) electrons. The average Bonchev–Trinajstić information content (AvgIpc) is 3.22. The van der Waals surface area contributed by atoms with Crippen LogP contribution in [-0.4, -0.2) is 44.6 Å². The topological polar surface area (TPSA) is 76.2 Å². The number of aryl methyl sites for hydroxylation is 1. The summed E-state index contributed by atoms with van der Waals surface area (Å²) in [5.74, 6) is 0.769. The van der Waals surface area contributed by atoms with Crippen molar-refractivity contribution in [3.05, 3.63) is 53.1 Å². The minimum atomic E-state index is -3.57. The van der Waals surface area contributed by atoms with E-state index in [0.717, 1.165) is 34.5 Å². The third kappa shape index (κ3) is 3.24. The van der Waals surface area contributed by atoms with Crippen LogP contribution in [0.15, 0.2) is 41.3 Å². The quantitative estimate of drug-likeness (QED) is 0.750. The zero-order valence-corrected chi connectivity index (χ0v) is 17.7. The molecular weight excluding hydrogens is 404 g/mol. The molecular formula is C22H24N2O5S. The number of sulfonamides is 1. The molecule has 0 spiro atoms. The van der Waals surface area contributed by atoms with E-state index in [1.807, 2.05) is 25.1 Å². The second-order valence-electron chi connectivity index (χ2n) is 8.06. The fourth-order valence-corrected chi connectivity index (χ4v) is 6.05. The highest BCUT2D eigenvalue weighted by atomic mass is 32.2. The molecule has 0 N–H and O–H groups in total. The number of amides is 1. The van der Waals surface area contributed by atoms with Crippen molar-refractivity contribution in [3.8, 4) is 5.75 Å². The van der Waals surface area contributed by atoms with Crippen molar-refractivity contribution in [2.75, 3.05) is 24.6 Å². The highest BCUT2D eigenvalue weighted by Gasteiger charge is 2.37. The summed E-state index contributed by atoms with van der Waals surface area (Å²) in [7, 11) is -3.57. The average molecular weight is 429 g/mol.